The molecule has 1 atom stereocenters. The Balaban J connectivity index is 0.000000567. The van der Waals surface area contributed by atoms with E-state index in [1.807, 2.05) is 14.1 Å². The van der Waals surface area contributed by atoms with Crippen molar-refractivity contribution in [2.75, 3.05) is 33.8 Å². The number of nitrogens with zero attached hydrogens (tertiary/aromatic N) is 2. The van der Waals surface area contributed by atoms with E-state index in [-0.39, 0.29) is 6.09 Å². The predicted octanol–water partition coefficient (Wildman–Crippen LogP) is 0.571. The SMILES string of the molecule is CC1CN(C(=O)OCC[C@@H](C)N(C)C)C1.O=C(O)C(=O)O. The lowest BCUT2D eigenvalue weighted by Crippen LogP contribution is -2.49. The Labute approximate surface area is 124 Å². The van der Waals surface area contributed by atoms with Crippen molar-refractivity contribution in [1.29, 1.82) is 0 Å². The molecule has 1 heterocycles. The van der Waals surface area contributed by atoms with Crippen molar-refractivity contribution in [2.24, 2.45) is 5.92 Å². The van der Waals surface area contributed by atoms with Gasteiger partial charge in [0.05, 0.1) is 6.61 Å². The van der Waals surface area contributed by atoms with Crippen LogP contribution in [0.5, 0.6) is 0 Å². The third-order valence-electron chi connectivity index (χ3n) is 3.15. The average Bonchev–Trinajstić information content (AvgIpc) is 2.35. The molecule has 1 rings (SSSR count). The summed E-state index contributed by atoms with van der Waals surface area (Å²) in [6, 6.07) is 0.452. The number of ether oxygens (including phenoxy) is 1. The summed E-state index contributed by atoms with van der Waals surface area (Å²) in [6.07, 6.45) is 0.737. The first-order chi connectivity index (χ1) is 9.65. The van der Waals surface area contributed by atoms with Crippen molar-refractivity contribution in [3.05, 3.63) is 0 Å². The minimum atomic E-state index is -1.82. The third kappa shape index (κ3) is 8.13. The molecule has 0 aromatic heterocycles. The lowest BCUT2D eigenvalue weighted by molar-refractivity contribution is -0.159. The number of carbonyl (C=O) groups is 3. The number of amides is 1. The fraction of sp³-hybridized carbons (Fsp3) is 0.769. The van der Waals surface area contributed by atoms with Gasteiger partial charge >= 0.3 is 18.0 Å². The molecule has 1 aliphatic heterocycles. The molecule has 8 nitrogen and oxygen atoms in total. The van der Waals surface area contributed by atoms with Crippen molar-refractivity contribution in [2.45, 2.75) is 26.3 Å². The first-order valence-electron chi connectivity index (χ1n) is 6.69. The van der Waals surface area contributed by atoms with Gasteiger partial charge in [0.1, 0.15) is 0 Å². The van der Waals surface area contributed by atoms with Gasteiger partial charge in [-0.15, -0.1) is 0 Å². The summed E-state index contributed by atoms with van der Waals surface area (Å²) in [7, 11) is 4.06. The number of aliphatic carboxylic acids is 2. The molecule has 0 unspecified atom stereocenters. The topological polar surface area (TPSA) is 107 Å². The minimum absolute atomic E-state index is 0.154. The highest BCUT2D eigenvalue weighted by molar-refractivity contribution is 6.27. The molecule has 0 spiro atoms. The Kier molecular flexibility index (Phi) is 8.37. The zero-order valence-electron chi connectivity index (χ0n) is 12.9. The van der Waals surface area contributed by atoms with Gasteiger partial charge in [-0.25, -0.2) is 14.4 Å². The van der Waals surface area contributed by atoms with Crippen molar-refractivity contribution in [1.82, 2.24) is 9.80 Å². The average molecular weight is 304 g/mol. The van der Waals surface area contributed by atoms with Gasteiger partial charge in [0.15, 0.2) is 0 Å². The zero-order chi connectivity index (χ0) is 16.6. The van der Waals surface area contributed by atoms with Crippen LogP contribution < -0.4 is 0 Å². The maximum Gasteiger partial charge on any atom is 0.414 e. The smallest absolute Gasteiger partial charge is 0.414 e. The summed E-state index contributed by atoms with van der Waals surface area (Å²) in [5.74, 6) is -3.01. The van der Waals surface area contributed by atoms with E-state index in [0.717, 1.165) is 19.5 Å². The standard InChI is InChI=1S/C11H22N2O2.C2H2O4/c1-9-7-13(8-9)11(14)15-6-5-10(2)12(3)4;3-1(4)2(5)6/h9-10H,5-8H2,1-4H3;(H,3,4)(H,5,6)/t10-;/m1./s1. The summed E-state index contributed by atoms with van der Waals surface area (Å²) >= 11 is 0. The van der Waals surface area contributed by atoms with Crippen molar-refractivity contribution < 1.29 is 29.3 Å². The van der Waals surface area contributed by atoms with Crippen molar-refractivity contribution >= 4 is 18.0 Å². The molecule has 122 valence electrons. The number of hydrogen-bond donors (Lipinski definition) is 2. The normalized spacial score (nSPS) is 15.6. The molecule has 1 amide bonds. The lowest BCUT2D eigenvalue weighted by Gasteiger charge is -2.36. The number of carboxylic acid groups (broad SMARTS) is 2. The molecule has 0 aromatic carbocycles. The molecular weight excluding hydrogens is 280 g/mol. The first-order valence-corrected chi connectivity index (χ1v) is 6.69. The highest BCUT2D eigenvalue weighted by atomic mass is 16.6. The molecule has 0 aliphatic carbocycles. The van der Waals surface area contributed by atoms with E-state index in [1.54, 1.807) is 4.90 Å². The Morgan fingerprint density at radius 1 is 1.24 bits per heavy atom. The Morgan fingerprint density at radius 2 is 1.71 bits per heavy atom. The van der Waals surface area contributed by atoms with Gasteiger partial charge in [0, 0.05) is 19.1 Å². The van der Waals surface area contributed by atoms with Crippen LogP contribution in [0.2, 0.25) is 0 Å². The molecule has 0 bridgehead atoms. The van der Waals surface area contributed by atoms with E-state index in [9.17, 15) is 4.79 Å². The van der Waals surface area contributed by atoms with Crippen molar-refractivity contribution in [3.63, 3.8) is 0 Å². The first kappa shape index (κ1) is 19.2. The Bertz CT molecular complexity index is 354. The van der Waals surface area contributed by atoms with Crippen LogP contribution in [0.4, 0.5) is 4.79 Å². The number of hydrogen-bond acceptors (Lipinski definition) is 5. The van der Waals surface area contributed by atoms with Crippen LogP contribution in [-0.4, -0.2) is 77.9 Å². The van der Waals surface area contributed by atoms with Gasteiger partial charge in [-0.1, -0.05) is 6.92 Å². The van der Waals surface area contributed by atoms with Gasteiger partial charge in [-0.3, -0.25) is 0 Å². The molecule has 0 aromatic rings. The summed E-state index contributed by atoms with van der Waals surface area (Å²) in [5.41, 5.74) is 0. The van der Waals surface area contributed by atoms with E-state index in [2.05, 4.69) is 18.7 Å². The highest BCUT2D eigenvalue weighted by Gasteiger charge is 2.28. The third-order valence-corrected chi connectivity index (χ3v) is 3.15. The van der Waals surface area contributed by atoms with Crippen LogP contribution in [0, 0.1) is 5.92 Å². The highest BCUT2D eigenvalue weighted by Crippen LogP contribution is 2.15. The van der Waals surface area contributed by atoms with Crippen LogP contribution in [0.3, 0.4) is 0 Å². The Hall–Kier alpha value is -1.83. The lowest BCUT2D eigenvalue weighted by atomic mass is 10.0. The molecule has 0 saturated carbocycles. The molecule has 0 radical (unpaired) electrons. The molecule has 2 N–H and O–H groups in total. The monoisotopic (exact) mass is 304 g/mol. The van der Waals surface area contributed by atoms with E-state index in [1.165, 1.54) is 0 Å². The largest absolute Gasteiger partial charge is 0.473 e. The Morgan fingerprint density at radius 3 is 2.05 bits per heavy atom. The van der Waals surface area contributed by atoms with E-state index >= 15 is 0 Å². The molecule has 21 heavy (non-hydrogen) atoms. The van der Waals surface area contributed by atoms with Crippen LogP contribution in [0.15, 0.2) is 0 Å². The fourth-order valence-electron chi connectivity index (χ4n) is 1.51. The number of rotatable bonds is 4. The van der Waals surface area contributed by atoms with Gasteiger partial charge in [-0.2, -0.15) is 0 Å². The second-order valence-electron chi connectivity index (χ2n) is 5.34. The second-order valence-corrected chi connectivity index (χ2v) is 5.34. The molecule has 1 aliphatic rings. The summed E-state index contributed by atoms with van der Waals surface area (Å²) in [5, 5.41) is 14.8. The second kappa shape index (κ2) is 9.17. The van der Waals surface area contributed by atoms with Gasteiger partial charge in [0.2, 0.25) is 0 Å². The van der Waals surface area contributed by atoms with E-state index in [0.29, 0.717) is 18.6 Å². The van der Waals surface area contributed by atoms with Gasteiger partial charge in [0.25, 0.3) is 0 Å². The fourth-order valence-corrected chi connectivity index (χ4v) is 1.51. The summed E-state index contributed by atoms with van der Waals surface area (Å²) in [6.45, 7) is 6.48. The summed E-state index contributed by atoms with van der Waals surface area (Å²) in [4.78, 5) is 33.5. The maximum atomic E-state index is 11.4. The molecule has 1 saturated heterocycles. The van der Waals surface area contributed by atoms with Crippen LogP contribution in [-0.2, 0) is 14.3 Å². The molecule has 1 fully saturated rings. The van der Waals surface area contributed by atoms with E-state index < -0.39 is 11.9 Å². The molecule has 8 heteroatoms. The number of likely N-dealkylation sites (tertiary alicyclic amines) is 1. The number of carboxylic acids is 2. The van der Waals surface area contributed by atoms with Gasteiger partial charge < -0.3 is 24.7 Å². The number of carbonyl (C=O) groups excluding carboxylic acids is 1. The minimum Gasteiger partial charge on any atom is -0.473 e. The predicted molar refractivity (Wildman–Crippen MR) is 75.1 cm³/mol. The maximum absolute atomic E-state index is 11.4. The van der Waals surface area contributed by atoms with Crippen LogP contribution in [0.25, 0.3) is 0 Å². The van der Waals surface area contributed by atoms with Crippen LogP contribution >= 0.6 is 0 Å². The van der Waals surface area contributed by atoms with E-state index in [4.69, 9.17) is 24.5 Å². The van der Waals surface area contributed by atoms with Gasteiger partial charge in [-0.05, 0) is 33.4 Å². The summed E-state index contributed by atoms with van der Waals surface area (Å²) < 4.78 is 5.18. The molecular formula is C13H24N2O6. The quantitative estimate of drug-likeness (QED) is 0.731. The van der Waals surface area contributed by atoms with Crippen LogP contribution in [0.1, 0.15) is 20.3 Å². The van der Waals surface area contributed by atoms with Crippen molar-refractivity contribution in [3.8, 4) is 0 Å². The zero-order valence-corrected chi connectivity index (χ0v) is 12.9.